The van der Waals surface area contributed by atoms with Gasteiger partial charge in [-0.25, -0.2) is 15.0 Å². The monoisotopic (exact) mass is 464 g/mol. The summed E-state index contributed by atoms with van der Waals surface area (Å²) in [5.74, 6) is 0.967. The molecule has 2 aromatic carbocycles. The van der Waals surface area contributed by atoms with Crippen molar-refractivity contribution in [1.29, 1.82) is 0 Å². The maximum absolute atomic E-state index is 6.41. The van der Waals surface area contributed by atoms with E-state index < -0.39 is 0 Å². The van der Waals surface area contributed by atoms with Gasteiger partial charge in [0.25, 0.3) is 0 Å². The number of aliphatic imine (C=N–C) groups is 1. The van der Waals surface area contributed by atoms with Crippen LogP contribution in [0.2, 0.25) is 5.02 Å². The highest BCUT2D eigenvalue weighted by molar-refractivity contribution is 7.80. The second-order valence-electron chi connectivity index (χ2n) is 7.92. The zero-order chi connectivity index (χ0) is 22.7. The molecule has 0 unspecified atom stereocenters. The van der Waals surface area contributed by atoms with Crippen LogP contribution < -0.4 is 16.0 Å². The minimum absolute atomic E-state index is 0.0960. The first-order chi connectivity index (χ1) is 15.4. The maximum Gasteiger partial charge on any atom is 0.229 e. The van der Waals surface area contributed by atoms with Crippen LogP contribution in [0.4, 0.5) is 11.6 Å². The Labute approximate surface area is 198 Å². The first kappa shape index (κ1) is 22.2. The van der Waals surface area contributed by atoms with Crippen molar-refractivity contribution < 1.29 is 0 Å². The van der Waals surface area contributed by atoms with Gasteiger partial charge in [0.15, 0.2) is 5.11 Å². The van der Waals surface area contributed by atoms with Gasteiger partial charge in [-0.15, -0.1) is 0 Å². The summed E-state index contributed by atoms with van der Waals surface area (Å²) in [6.45, 7) is 5.82. The molecular weight excluding hydrogens is 440 g/mol. The number of hydrogen-bond donors (Lipinski definition) is 3. The molecule has 3 aromatic rings. The summed E-state index contributed by atoms with van der Waals surface area (Å²) in [5, 5.41) is 10.6. The molecule has 0 aliphatic heterocycles. The Bertz CT molecular complexity index is 1150. The van der Waals surface area contributed by atoms with Crippen LogP contribution in [0.1, 0.15) is 28.1 Å². The van der Waals surface area contributed by atoms with Crippen LogP contribution in [0.3, 0.4) is 0 Å². The molecule has 32 heavy (non-hydrogen) atoms. The fourth-order valence-corrected chi connectivity index (χ4v) is 4.18. The first-order valence-electron chi connectivity index (χ1n) is 10.4. The maximum atomic E-state index is 6.41. The SMILES string of the molecule is Cc1cc(C)nc(NC(=NC2Cc3ccccc3C2)NC(=S)Nc2cccc(C)c2Cl)n1. The van der Waals surface area contributed by atoms with Crippen molar-refractivity contribution in [3.05, 3.63) is 81.6 Å². The van der Waals surface area contributed by atoms with E-state index in [4.69, 9.17) is 28.8 Å². The van der Waals surface area contributed by atoms with Crippen molar-refractivity contribution >= 4 is 46.5 Å². The summed E-state index contributed by atoms with van der Waals surface area (Å²) >= 11 is 12.0. The summed E-state index contributed by atoms with van der Waals surface area (Å²) in [7, 11) is 0. The van der Waals surface area contributed by atoms with Crippen LogP contribution in [-0.2, 0) is 12.8 Å². The van der Waals surface area contributed by atoms with Gasteiger partial charge in [-0.1, -0.05) is 48.0 Å². The standard InChI is InChI=1S/C24H25ClN6S/c1-14-7-6-10-20(21(14)25)29-24(32)31-23(30-22-26-15(2)11-16(3)27-22)28-19-12-17-8-4-5-9-18(17)13-19/h4-11,19H,12-13H2,1-3H3,(H3,26,27,28,29,30,31,32). The van der Waals surface area contributed by atoms with E-state index in [1.165, 1.54) is 11.1 Å². The van der Waals surface area contributed by atoms with E-state index in [0.717, 1.165) is 35.5 Å². The lowest BCUT2D eigenvalue weighted by atomic mass is 10.1. The predicted molar refractivity (Wildman–Crippen MR) is 136 cm³/mol. The Hall–Kier alpha value is -3.03. The Morgan fingerprint density at radius 2 is 1.62 bits per heavy atom. The van der Waals surface area contributed by atoms with Crippen LogP contribution in [-0.4, -0.2) is 27.1 Å². The quantitative estimate of drug-likeness (QED) is 0.288. The van der Waals surface area contributed by atoms with Crippen molar-refractivity contribution in [1.82, 2.24) is 15.3 Å². The van der Waals surface area contributed by atoms with Gasteiger partial charge in [-0.3, -0.25) is 5.32 Å². The van der Waals surface area contributed by atoms with Crippen LogP contribution in [0.15, 0.2) is 53.5 Å². The predicted octanol–water partition coefficient (Wildman–Crippen LogP) is 4.98. The minimum atomic E-state index is 0.0960. The Morgan fingerprint density at radius 1 is 0.969 bits per heavy atom. The van der Waals surface area contributed by atoms with E-state index in [1.54, 1.807) is 0 Å². The van der Waals surface area contributed by atoms with Gasteiger partial charge in [0.2, 0.25) is 11.9 Å². The number of thiocarbonyl (C=S) groups is 1. The highest BCUT2D eigenvalue weighted by atomic mass is 35.5. The first-order valence-corrected chi connectivity index (χ1v) is 11.2. The van der Waals surface area contributed by atoms with Crippen molar-refractivity contribution in [2.45, 2.75) is 39.7 Å². The lowest BCUT2D eigenvalue weighted by Gasteiger charge is -2.16. The second-order valence-corrected chi connectivity index (χ2v) is 8.71. The van der Waals surface area contributed by atoms with Crippen molar-refractivity contribution in [2.24, 2.45) is 4.99 Å². The molecule has 0 saturated heterocycles. The normalized spacial score (nSPS) is 13.6. The lowest BCUT2D eigenvalue weighted by molar-refractivity contribution is 0.720. The second kappa shape index (κ2) is 9.63. The summed E-state index contributed by atoms with van der Waals surface area (Å²) in [6.07, 6.45) is 1.75. The number of benzene rings is 2. The molecule has 0 saturated carbocycles. The number of guanidine groups is 1. The van der Waals surface area contributed by atoms with E-state index in [0.29, 0.717) is 22.0 Å². The third-order valence-corrected chi connectivity index (χ3v) is 5.93. The van der Waals surface area contributed by atoms with E-state index in [1.807, 2.05) is 45.0 Å². The topological polar surface area (TPSA) is 74.2 Å². The largest absolute Gasteiger partial charge is 0.331 e. The molecule has 1 aromatic heterocycles. The molecule has 8 heteroatoms. The summed E-state index contributed by atoms with van der Waals surface area (Å²) < 4.78 is 0. The molecule has 1 heterocycles. The zero-order valence-corrected chi connectivity index (χ0v) is 19.8. The summed E-state index contributed by atoms with van der Waals surface area (Å²) in [4.78, 5) is 13.9. The number of fused-ring (bicyclic) bond motifs is 1. The third-order valence-electron chi connectivity index (χ3n) is 5.23. The molecule has 0 fully saturated rings. The van der Waals surface area contributed by atoms with E-state index in [-0.39, 0.29) is 6.04 Å². The summed E-state index contributed by atoms with van der Waals surface area (Å²) in [5.41, 5.74) is 6.11. The number of halogens is 1. The Balaban J connectivity index is 1.55. The third kappa shape index (κ3) is 5.41. The molecule has 6 nitrogen and oxygen atoms in total. The van der Waals surface area contributed by atoms with Gasteiger partial charge >= 0.3 is 0 Å². The van der Waals surface area contributed by atoms with Gasteiger partial charge in [0.1, 0.15) is 0 Å². The number of aryl methyl sites for hydroxylation is 3. The minimum Gasteiger partial charge on any atom is -0.331 e. The zero-order valence-electron chi connectivity index (χ0n) is 18.2. The number of hydrogen-bond acceptors (Lipinski definition) is 4. The van der Waals surface area contributed by atoms with E-state index >= 15 is 0 Å². The number of nitrogens with zero attached hydrogens (tertiary/aromatic N) is 3. The molecule has 0 radical (unpaired) electrons. The van der Waals surface area contributed by atoms with Crippen molar-refractivity contribution in [3.63, 3.8) is 0 Å². The highest BCUT2D eigenvalue weighted by Gasteiger charge is 2.21. The van der Waals surface area contributed by atoms with Gasteiger partial charge in [0, 0.05) is 11.4 Å². The molecule has 1 aliphatic rings. The van der Waals surface area contributed by atoms with Crippen molar-refractivity contribution in [2.75, 3.05) is 10.6 Å². The van der Waals surface area contributed by atoms with E-state index in [2.05, 4.69) is 50.2 Å². The van der Waals surface area contributed by atoms with Crippen LogP contribution in [0.25, 0.3) is 0 Å². The van der Waals surface area contributed by atoms with Crippen LogP contribution in [0.5, 0.6) is 0 Å². The van der Waals surface area contributed by atoms with Gasteiger partial charge < -0.3 is 10.6 Å². The Morgan fingerprint density at radius 3 is 2.28 bits per heavy atom. The van der Waals surface area contributed by atoms with Crippen LogP contribution >= 0.6 is 23.8 Å². The Kier molecular flexibility index (Phi) is 6.67. The molecule has 1 aliphatic carbocycles. The van der Waals surface area contributed by atoms with Gasteiger partial charge in [-0.05, 0) is 74.7 Å². The molecule has 0 atom stereocenters. The average Bonchev–Trinajstić information content (AvgIpc) is 3.13. The number of rotatable bonds is 3. The van der Waals surface area contributed by atoms with Crippen LogP contribution in [0, 0.1) is 20.8 Å². The molecule has 164 valence electrons. The fourth-order valence-electron chi connectivity index (χ4n) is 3.80. The molecule has 0 bridgehead atoms. The molecule has 3 N–H and O–H groups in total. The number of nitrogens with one attached hydrogen (secondary N) is 3. The molecular formula is C24H25ClN6S. The van der Waals surface area contributed by atoms with E-state index in [9.17, 15) is 0 Å². The highest BCUT2D eigenvalue weighted by Crippen LogP contribution is 2.25. The van der Waals surface area contributed by atoms with Gasteiger partial charge in [-0.2, -0.15) is 0 Å². The molecule has 0 amide bonds. The van der Waals surface area contributed by atoms with Gasteiger partial charge in [0.05, 0.1) is 16.8 Å². The average molecular weight is 465 g/mol. The summed E-state index contributed by atoms with van der Waals surface area (Å²) in [6, 6.07) is 16.2. The number of aromatic nitrogens is 2. The fraction of sp³-hybridized carbons (Fsp3) is 0.250. The smallest absolute Gasteiger partial charge is 0.229 e. The molecule has 4 rings (SSSR count). The van der Waals surface area contributed by atoms with Crippen molar-refractivity contribution in [3.8, 4) is 0 Å². The number of anilines is 2. The molecule has 0 spiro atoms. The lowest BCUT2D eigenvalue weighted by Crippen LogP contribution is -2.40.